The number of methoxy groups -OCH3 is 1. The molecule has 6 heteroatoms. The van der Waals surface area contributed by atoms with Crippen LogP contribution < -0.4 is 15.1 Å². The topological polar surface area (TPSA) is 61.6 Å². The molecule has 25 heavy (non-hydrogen) atoms. The summed E-state index contributed by atoms with van der Waals surface area (Å²) in [6.45, 7) is 2.44. The van der Waals surface area contributed by atoms with Crippen molar-refractivity contribution < 1.29 is 13.9 Å². The first-order valence-corrected chi connectivity index (χ1v) is 8.08. The lowest BCUT2D eigenvalue weighted by Crippen LogP contribution is -2.03. The van der Waals surface area contributed by atoms with Gasteiger partial charge < -0.3 is 13.9 Å². The van der Waals surface area contributed by atoms with Crippen LogP contribution in [-0.4, -0.2) is 18.7 Å². The molecule has 0 fully saturated rings. The fourth-order valence-electron chi connectivity index (χ4n) is 2.38. The van der Waals surface area contributed by atoms with Crippen molar-refractivity contribution in [3.05, 3.63) is 64.3 Å². The molecular weight excluding hydrogens is 342 g/mol. The first-order valence-electron chi connectivity index (χ1n) is 7.70. The predicted octanol–water partition coefficient (Wildman–Crippen LogP) is 4.33. The van der Waals surface area contributed by atoms with Crippen molar-refractivity contribution in [3.63, 3.8) is 0 Å². The number of aromatic nitrogens is 1. The number of hydrogen-bond donors (Lipinski definition) is 0. The van der Waals surface area contributed by atoms with Crippen LogP contribution in [0.5, 0.6) is 11.5 Å². The van der Waals surface area contributed by atoms with Crippen molar-refractivity contribution in [2.75, 3.05) is 13.7 Å². The van der Waals surface area contributed by atoms with Gasteiger partial charge in [0.2, 0.25) is 5.89 Å². The van der Waals surface area contributed by atoms with Crippen molar-refractivity contribution in [1.82, 2.24) is 4.98 Å². The number of nitrogens with zero attached hydrogens (tertiary/aromatic N) is 1. The molecule has 0 aliphatic carbocycles. The van der Waals surface area contributed by atoms with Gasteiger partial charge in [0.15, 0.2) is 11.5 Å². The summed E-state index contributed by atoms with van der Waals surface area (Å²) in [6, 6.07) is 12.4. The number of rotatable bonds is 5. The Labute approximate surface area is 149 Å². The third-order valence-corrected chi connectivity index (χ3v) is 3.79. The third-order valence-electron chi connectivity index (χ3n) is 3.52. The van der Waals surface area contributed by atoms with Gasteiger partial charge in [-0.2, -0.15) is 0 Å². The standard InChI is InChI=1S/C19H16ClNO4/c1-3-24-16-9-8-12(11-17(16)23-2)10-14(20)18-21-15-7-5-4-6-13(15)19(22)25-18/h4-11H,3H2,1-2H3/b14-10-. The summed E-state index contributed by atoms with van der Waals surface area (Å²) in [5.41, 5.74) is 0.823. The van der Waals surface area contributed by atoms with Crippen LogP contribution in [0.3, 0.4) is 0 Å². The van der Waals surface area contributed by atoms with Gasteiger partial charge in [0.1, 0.15) is 5.03 Å². The van der Waals surface area contributed by atoms with E-state index in [0.717, 1.165) is 5.56 Å². The van der Waals surface area contributed by atoms with E-state index in [9.17, 15) is 4.79 Å². The van der Waals surface area contributed by atoms with Gasteiger partial charge in [-0.1, -0.05) is 29.8 Å². The fraction of sp³-hybridized carbons (Fsp3) is 0.158. The summed E-state index contributed by atoms with van der Waals surface area (Å²) < 4.78 is 16.0. The molecule has 3 aromatic rings. The van der Waals surface area contributed by atoms with E-state index in [1.54, 1.807) is 49.6 Å². The zero-order valence-electron chi connectivity index (χ0n) is 13.8. The van der Waals surface area contributed by atoms with E-state index in [2.05, 4.69) is 4.98 Å². The lowest BCUT2D eigenvalue weighted by Gasteiger charge is -2.09. The van der Waals surface area contributed by atoms with Gasteiger partial charge in [0.05, 0.1) is 24.6 Å². The average molecular weight is 358 g/mol. The molecule has 5 nitrogen and oxygen atoms in total. The second-order valence-electron chi connectivity index (χ2n) is 5.16. The lowest BCUT2D eigenvalue weighted by molar-refractivity contribution is 0.311. The van der Waals surface area contributed by atoms with Gasteiger partial charge in [-0.3, -0.25) is 0 Å². The molecule has 0 atom stereocenters. The Morgan fingerprint density at radius 1 is 1.24 bits per heavy atom. The van der Waals surface area contributed by atoms with Crippen LogP contribution in [0.4, 0.5) is 0 Å². The summed E-state index contributed by atoms with van der Waals surface area (Å²) in [4.78, 5) is 16.3. The highest BCUT2D eigenvalue weighted by Gasteiger charge is 2.10. The average Bonchev–Trinajstić information content (AvgIpc) is 2.63. The SMILES string of the molecule is CCOc1ccc(/C=C(\Cl)c2nc3ccccc3c(=O)o2)cc1OC. The molecule has 2 aromatic carbocycles. The van der Waals surface area contributed by atoms with Crippen LogP contribution in [0.15, 0.2) is 51.7 Å². The number of para-hydroxylation sites is 1. The first kappa shape index (κ1) is 17.0. The smallest absolute Gasteiger partial charge is 0.347 e. The normalized spacial score (nSPS) is 11.6. The van der Waals surface area contributed by atoms with E-state index >= 15 is 0 Å². The summed E-state index contributed by atoms with van der Waals surface area (Å²) in [5, 5.41) is 0.632. The van der Waals surface area contributed by atoms with Crippen molar-refractivity contribution in [1.29, 1.82) is 0 Å². The minimum absolute atomic E-state index is 0.0678. The quantitative estimate of drug-likeness (QED) is 0.680. The highest BCUT2D eigenvalue weighted by Crippen LogP contribution is 2.30. The molecule has 0 saturated heterocycles. The second kappa shape index (κ2) is 7.40. The van der Waals surface area contributed by atoms with Gasteiger partial charge in [0, 0.05) is 0 Å². The molecule has 0 saturated carbocycles. The molecular formula is C19H16ClNO4. The number of hydrogen-bond acceptors (Lipinski definition) is 5. The van der Waals surface area contributed by atoms with Gasteiger partial charge in [0.25, 0.3) is 0 Å². The van der Waals surface area contributed by atoms with Crippen LogP contribution in [0.2, 0.25) is 0 Å². The summed E-state index contributed by atoms with van der Waals surface area (Å²) in [5.74, 6) is 1.31. The van der Waals surface area contributed by atoms with Crippen molar-refractivity contribution in [2.45, 2.75) is 6.92 Å². The number of fused-ring (bicyclic) bond motifs is 1. The van der Waals surface area contributed by atoms with Gasteiger partial charge in [-0.25, -0.2) is 9.78 Å². The monoisotopic (exact) mass is 357 g/mol. The van der Waals surface area contributed by atoms with E-state index in [0.29, 0.717) is 29.0 Å². The predicted molar refractivity (Wildman–Crippen MR) is 98.2 cm³/mol. The van der Waals surface area contributed by atoms with Crippen LogP contribution in [-0.2, 0) is 0 Å². The molecule has 1 aromatic heterocycles. The molecule has 0 aliphatic rings. The molecule has 0 aliphatic heterocycles. The van der Waals surface area contributed by atoms with Crippen molar-refractivity contribution in [2.24, 2.45) is 0 Å². The summed E-state index contributed by atoms with van der Waals surface area (Å²) >= 11 is 6.30. The van der Waals surface area contributed by atoms with E-state index < -0.39 is 5.63 Å². The molecule has 0 N–H and O–H groups in total. The number of halogens is 1. The Bertz CT molecular complexity index is 994. The maximum absolute atomic E-state index is 12.0. The van der Waals surface area contributed by atoms with Crippen LogP contribution in [0.25, 0.3) is 22.0 Å². The van der Waals surface area contributed by atoms with Crippen molar-refractivity contribution in [3.8, 4) is 11.5 Å². The van der Waals surface area contributed by atoms with E-state index in [1.807, 2.05) is 13.0 Å². The minimum atomic E-state index is -0.476. The van der Waals surface area contributed by atoms with Crippen LogP contribution in [0.1, 0.15) is 18.4 Å². The molecule has 0 unspecified atom stereocenters. The maximum atomic E-state index is 12.0. The summed E-state index contributed by atoms with van der Waals surface area (Å²) in [6.07, 6.45) is 1.65. The largest absolute Gasteiger partial charge is 0.493 e. The lowest BCUT2D eigenvalue weighted by atomic mass is 10.2. The molecule has 0 amide bonds. The van der Waals surface area contributed by atoms with Crippen LogP contribution in [0, 0.1) is 0 Å². The highest BCUT2D eigenvalue weighted by atomic mass is 35.5. The zero-order chi connectivity index (χ0) is 17.8. The Hall–Kier alpha value is -2.79. The molecule has 0 bridgehead atoms. The van der Waals surface area contributed by atoms with E-state index in [-0.39, 0.29) is 10.9 Å². The molecule has 1 heterocycles. The molecule has 0 radical (unpaired) electrons. The van der Waals surface area contributed by atoms with Gasteiger partial charge in [-0.15, -0.1) is 0 Å². The fourth-order valence-corrected chi connectivity index (χ4v) is 2.58. The Morgan fingerprint density at radius 2 is 2.04 bits per heavy atom. The highest BCUT2D eigenvalue weighted by molar-refractivity contribution is 6.50. The Kier molecular flexibility index (Phi) is 5.05. The Morgan fingerprint density at radius 3 is 2.80 bits per heavy atom. The van der Waals surface area contributed by atoms with E-state index in [4.69, 9.17) is 25.5 Å². The minimum Gasteiger partial charge on any atom is -0.493 e. The maximum Gasteiger partial charge on any atom is 0.347 e. The van der Waals surface area contributed by atoms with Crippen molar-refractivity contribution >= 4 is 33.6 Å². The zero-order valence-corrected chi connectivity index (χ0v) is 14.5. The van der Waals surface area contributed by atoms with Gasteiger partial charge >= 0.3 is 5.63 Å². The number of ether oxygens (including phenoxy) is 2. The third kappa shape index (κ3) is 3.67. The Balaban J connectivity index is 2.00. The van der Waals surface area contributed by atoms with Gasteiger partial charge in [-0.05, 0) is 42.8 Å². The molecule has 128 valence electrons. The van der Waals surface area contributed by atoms with E-state index in [1.165, 1.54) is 0 Å². The second-order valence-corrected chi connectivity index (χ2v) is 5.57. The van der Waals surface area contributed by atoms with Crippen LogP contribution >= 0.6 is 11.6 Å². The first-order chi connectivity index (χ1) is 12.1. The summed E-state index contributed by atoms with van der Waals surface area (Å²) in [7, 11) is 1.57. The number of benzene rings is 2. The molecule has 3 rings (SSSR count). The molecule has 0 spiro atoms.